The summed E-state index contributed by atoms with van der Waals surface area (Å²) in [7, 11) is 0. The third-order valence-corrected chi connectivity index (χ3v) is 15.4. The van der Waals surface area contributed by atoms with Crippen molar-refractivity contribution >= 4 is 23.5 Å². The molecule has 49 heavy (non-hydrogen) atoms. The number of hydrogen-bond acceptors (Lipinski definition) is 6. The van der Waals surface area contributed by atoms with E-state index in [1.54, 1.807) is 20.0 Å². The molecule has 0 spiro atoms. The van der Waals surface area contributed by atoms with Gasteiger partial charge in [-0.1, -0.05) is 54.5 Å². The van der Waals surface area contributed by atoms with Crippen LogP contribution in [0.2, 0.25) is 0 Å². The molecule has 7 heteroatoms. The summed E-state index contributed by atoms with van der Waals surface area (Å²) in [6.45, 7) is 19.5. The molecule has 0 aromatic carbocycles. The van der Waals surface area contributed by atoms with Crippen LogP contribution < -0.4 is 0 Å². The topological polar surface area (TPSA) is 111 Å². The van der Waals surface area contributed by atoms with Crippen molar-refractivity contribution in [3.63, 3.8) is 0 Å². The van der Waals surface area contributed by atoms with Gasteiger partial charge in [-0.2, -0.15) is 0 Å². The number of pyridine rings is 1. The Morgan fingerprint density at radius 2 is 1.65 bits per heavy atom. The van der Waals surface area contributed by atoms with Crippen molar-refractivity contribution < 1.29 is 29.0 Å². The minimum absolute atomic E-state index is 0.0309. The second-order valence-electron chi connectivity index (χ2n) is 18.9. The fraction of sp³-hybridized carbons (Fsp3) is 0.738. The van der Waals surface area contributed by atoms with E-state index in [1.807, 2.05) is 18.2 Å². The number of fused-ring (bicyclic) bond motifs is 7. The number of ketones is 2. The monoisotopic (exact) mass is 673 g/mol. The zero-order valence-electron chi connectivity index (χ0n) is 31.4. The van der Waals surface area contributed by atoms with Gasteiger partial charge >= 0.3 is 11.9 Å². The average Bonchev–Trinajstić information content (AvgIpc) is 3.32. The van der Waals surface area contributed by atoms with E-state index in [1.165, 1.54) is 5.57 Å². The summed E-state index contributed by atoms with van der Waals surface area (Å²) in [5.74, 6) is 0.0227. The highest BCUT2D eigenvalue weighted by Crippen LogP contribution is 2.76. The van der Waals surface area contributed by atoms with Crippen molar-refractivity contribution in [2.75, 3.05) is 0 Å². The number of aromatic nitrogens is 1. The van der Waals surface area contributed by atoms with Gasteiger partial charge in [0.2, 0.25) is 0 Å². The number of Topliss-reactive ketones (excluding diaryl/α,β-unsaturated/α-hetero) is 2. The van der Waals surface area contributed by atoms with Gasteiger partial charge in [0.25, 0.3) is 0 Å². The van der Waals surface area contributed by atoms with Gasteiger partial charge in [-0.25, -0.2) is 0 Å². The minimum atomic E-state index is -1.17. The number of allylic oxidation sites excluding steroid dienone is 2. The van der Waals surface area contributed by atoms with Gasteiger partial charge < -0.3 is 9.84 Å². The van der Waals surface area contributed by atoms with Crippen molar-refractivity contribution in [1.82, 2.24) is 4.98 Å². The van der Waals surface area contributed by atoms with Gasteiger partial charge in [-0.05, 0) is 128 Å². The standard InChI is InChI=1S/C42H59NO6/c1-25(2)34-28(44)23-42(31(45)22-26-12-10-11-21-43-26)20-19-40(8)27(35(34)42)13-14-30-39(7)17-16-32(49-33(46)24-37(3,4)36(47)48)38(5,6)29(39)15-18-41(30,40)9/h10-12,21,25,27,29-30,32H,13-20,22-24H2,1-9H3,(H,47,48)/t27-,29+,30-,32+,39+,40-,41-,42+/m1/s1. The molecule has 0 saturated heterocycles. The number of ether oxygens (including phenoxy) is 1. The van der Waals surface area contributed by atoms with E-state index in [-0.39, 0.29) is 64.0 Å². The molecule has 8 atom stereocenters. The average molecular weight is 674 g/mol. The normalized spacial score (nSPS) is 38.3. The molecule has 0 bridgehead atoms. The lowest BCUT2D eigenvalue weighted by Crippen LogP contribution is -2.66. The minimum Gasteiger partial charge on any atom is -0.481 e. The molecule has 1 N–H and O–H groups in total. The summed E-state index contributed by atoms with van der Waals surface area (Å²) in [5, 5.41) is 9.58. The number of carbonyl (C=O) groups excluding carboxylic acids is 3. The van der Waals surface area contributed by atoms with Crippen molar-refractivity contribution in [3.05, 3.63) is 41.2 Å². The van der Waals surface area contributed by atoms with Crippen LogP contribution in [0.4, 0.5) is 0 Å². The summed E-state index contributed by atoms with van der Waals surface area (Å²) in [6, 6.07) is 5.72. The van der Waals surface area contributed by atoms with Crippen LogP contribution in [0.25, 0.3) is 0 Å². The molecule has 5 aliphatic carbocycles. The molecule has 268 valence electrons. The van der Waals surface area contributed by atoms with E-state index in [0.717, 1.165) is 62.6 Å². The van der Waals surface area contributed by atoms with Crippen LogP contribution in [0.3, 0.4) is 0 Å². The van der Waals surface area contributed by atoms with Crippen LogP contribution in [0, 0.1) is 56.2 Å². The Hall–Kier alpha value is -2.83. The van der Waals surface area contributed by atoms with E-state index in [2.05, 4.69) is 53.5 Å². The first-order chi connectivity index (χ1) is 22.7. The van der Waals surface area contributed by atoms with Gasteiger partial charge in [0.1, 0.15) is 11.9 Å². The van der Waals surface area contributed by atoms with Crippen molar-refractivity contribution in [1.29, 1.82) is 0 Å². The first-order valence-corrected chi connectivity index (χ1v) is 18.9. The third-order valence-electron chi connectivity index (χ3n) is 15.4. The Kier molecular flexibility index (Phi) is 8.71. The number of rotatable bonds is 8. The van der Waals surface area contributed by atoms with Crippen LogP contribution in [-0.2, 0) is 30.3 Å². The molecule has 0 aliphatic heterocycles. The largest absolute Gasteiger partial charge is 0.481 e. The molecule has 4 saturated carbocycles. The maximum absolute atomic E-state index is 14.5. The molecule has 0 radical (unpaired) electrons. The van der Waals surface area contributed by atoms with Crippen molar-refractivity contribution in [2.45, 2.75) is 139 Å². The fourth-order valence-corrected chi connectivity index (χ4v) is 12.6. The van der Waals surface area contributed by atoms with E-state index >= 15 is 0 Å². The second-order valence-corrected chi connectivity index (χ2v) is 18.9. The van der Waals surface area contributed by atoms with Crippen LogP contribution in [0.5, 0.6) is 0 Å². The summed E-state index contributed by atoms with van der Waals surface area (Å²) < 4.78 is 6.14. The van der Waals surface area contributed by atoms with Gasteiger partial charge in [0, 0.05) is 30.1 Å². The molecule has 7 nitrogen and oxygen atoms in total. The Morgan fingerprint density at radius 1 is 0.939 bits per heavy atom. The van der Waals surface area contributed by atoms with Crippen LogP contribution in [0.1, 0.15) is 132 Å². The molecular weight excluding hydrogens is 614 g/mol. The second kappa shape index (κ2) is 11.9. The predicted molar refractivity (Wildman–Crippen MR) is 188 cm³/mol. The number of nitrogens with zero attached hydrogens (tertiary/aromatic N) is 1. The predicted octanol–water partition coefficient (Wildman–Crippen LogP) is 8.59. The summed E-state index contributed by atoms with van der Waals surface area (Å²) in [4.78, 5) is 57.6. The third kappa shape index (κ3) is 5.29. The summed E-state index contributed by atoms with van der Waals surface area (Å²) in [6.07, 6.45) is 9.47. The number of carboxylic acids is 1. The number of hydrogen-bond donors (Lipinski definition) is 1. The molecule has 1 aromatic heterocycles. The Bertz CT molecular complexity index is 1570. The Balaban J connectivity index is 1.31. The molecule has 6 rings (SSSR count). The Morgan fingerprint density at radius 3 is 2.29 bits per heavy atom. The molecule has 1 heterocycles. The number of aliphatic carboxylic acids is 1. The molecule has 0 amide bonds. The SMILES string of the molecule is CC(C)C1=C2[C@H]3CC[C@@H]4[C@@]5(C)CC[C@H](OC(=O)CC(C)(C)C(=O)O)C(C)(C)[C@@H]5CC[C@@]4(C)[C@]3(C)CC[C@@]2(C(=O)Cc2ccccn2)CC1=O. The van der Waals surface area contributed by atoms with Crippen LogP contribution in [0.15, 0.2) is 35.5 Å². The summed E-state index contributed by atoms with van der Waals surface area (Å²) in [5.41, 5.74) is 0.797. The maximum atomic E-state index is 14.5. The zero-order chi connectivity index (χ0) is 35.9. The quantitative estimate of drug-likeness (QED) is 0.275. The van der Waals surface area contributed by atoms with E-state index in [0.29, 0.717) is 18.3 Å². The first-order valence-electron chi connectivity index (χ1n) is 18.9. The lowest BCUT2D eigenvalue weighted by atomic mass is 9.33. The molecule has 1 aromatic rings. The molecule has 0 unspecified atom stereocenters. The Labute approximate surface area is 293 Å². The van der Waals surface area contributed by atoms with Gasteiger partial charge in [0.15, 0.2) is 5.78 Å². The highest BCUT2D eigenvalue weighted by molar-refractivity contribution is 6.07. The lowest BCUT2D eigenvalue weighted by molar-refractivity contribution is -0.233. The van der Waals surface area contributed by atoms with Gasteiger partial charge in [-0.3, -0.25) is 24.2 Å². The number of carboxylic acid groups (broad SMARTS) is 1. The number of carbonyl (C=O) groups is 4. The zero-order valence-corrected chi connectivity index (χ0v) is 31.4. The molecule has 5 aliphatic rings. The van der Waals surface area contributed by atoms with Crippen molar-refractivity contribution in [3.8, 4) is 0 Å². The first kappa shape index (κ1) is 36.0. The van der Waals surface area contributed by atoms with Crippen LogP contribution >= 0.6 is 0 Å². The smallest absolute Gasteiger partial charge is 0.309 e. The molecule has 4 fully saturated rings. The van der Waals surface area contributed by atoms with E-state index in [9.17, 15) is 24.3 Å². The number of esters is 1. The van der Waals surface area contributed by atoms with Crippen molar-refractivity contribution in [2.24, 2.45) is 56.2 Å². The highest BCUT2D eigenvalue weighted by atomic mass is 16.5. The van der Waals surface area contributed by atoms with Gasteiger partial charge in [0.05, 0.1) is 17.3 Å². The van der Waals surface area contributed by atoms with Gasteiger partial charge in [-0.15, -0.1) is 0 Å². The molecular formula is C42H59NO6. The van der Waals surface area contributed by atoms with E-state index < -0.39 is 22.8 Å². The highest BCUT2D eigenvalue weighted by Gasteiger charge is 2.71. The van der Waals surface area contributed by atoms with Crippen LogP contribution in [-0.4, -0.2) is 39.7 Å². The van der Waals surface area contributed by atoms with E-state index in [4.69, 9.17) is 4.74 Å². The maximum Gasteiger partial charge on any atom is 0.309 e. The fourth-order valence-electron chi connectivity index (χ4n) is 12.6. The lowest BCUT2D eigenvalue weighted by Gasteiger charge is -2.72. The summed E-state index contributed by atoms with van der Waals surface area (Å²) >= 11 is 0.